The number of nitrogens with one attached hydrogen (secondary N) is 2. The number of hydrogen-bond donors (Lipinski definition) is 2. The van der Waals surface area contributed by atoms with Crippen molar-refractivity contribution >= 4 is 28.9 Å². The van der Waals surface area contributed by atoms with E-state index in [0.29, 0.717) is 17.7 Å². The Morgan fingerprint density at radius 2 is 2.00 bits per heavy atom. The molecule has 0 bridgehead atoms. The molecule has 1 aromatic carbocycles. The fraction of sp³-hybridized carbons (Fsp3) is 0.381. The summed E-state index contributed by atoms with van der Waals surface area (Å²) in [5.41, 5.74) is 2.56. The van der Waals surface area contributed by atoms with Crippen molar-refractivity contribution in [1.82, 2.24) is 10.6 Å². The van der Waals surface area contributed by atoms with Crippen LogP contribution in [0.4, 0.5) is 4.79 Å². The number of esters is 1. The Morgan fingerprint density at radius 3 is 2.75 bits per heavy atom. The van der Waals surface area contributed by atoms with E-state index in [1.807, 2.05) is 12.1 Å². The summed E-state index contributed by atoms with van der Waals surface area (Å²) in [7, 11) is 0. The molecule has 0 atom stereocenters. The summed E-state index contributed by atoms with van der Waals surface area (Å²) in [5, 5.41) is 5.60. The molecular weight excluding hydrogens is 360 g/mol. The van der Waals surface area contributed by atoms with E-state index in [9.17, 15) is 14.4 Å². The monoisotopic (exact) mass is 384 g/mol. The summed E-state index contributed by atoms with van der Waals surface area (Å²) in [6.07, 6.45) is 7.57. The van der Waals surface area contributed by atoms with Crippen molar-refractivity contribution < 1.29 is 23.5 Å². The van der Waals surface area contributed by atoms with Crippen LogP contribution in [0.5, 0.6) is 0 Å². The van der Waals surface area contributed by atoms with Crippen molar-refractivity contribution in [2.45, 2.75) is 39.0 Å². The summed E-state index contributed by atoms with van der Waals surface area (Å²) in [6.45, 7) is 1.65. The molecule has 2 N–H and O–H groups in total. The second-order valence-corrected chi connectivity index (χ2v) is 6.79. The number of furan rings is 1. The Balaban J connectivity index is 1.41. The first-order valence-electron chi connectivity index (χ1n) is 9.45. The summed E-state index contributed by atoms with van der Waals surface area (Å²) < 4.78 is 10.5. The van der Waals surface area contributed by atoms with E-state index in [0.717, 1.165) is 24.6 Å². The van der Waals surface area contributed by atoms with Gasteiger partial charge in [-0.25, -0.2) is 9.59 Å². The molecule has 3 rings (SSSR count). The van der Waals surface area contributed by atoms with Gasteiger partial charge in [0, 0.05) is 17.5 Å². The summed E-state index contributed by atoms with van der Waals surface area (Å²) in [4.78, 5) is 35.7. The molecule has 0 saturated heterocycles. The summed E-state index contributed by atoms with van der Waals surface area (Å²) in [5.74, 6) is -1.39. The lowest BCUT2D eigenvalue weighted by Gasteiger charge is -2.13. The number of fused-ring (bicyclic) bond motifs is 1. The highest BCUT2D eigenvalue weighted by molar-refractivity contribution is 5.98. The Hall–Kier alpha value is -3.09. The van der Waals surface area contributed by atoms with Crippen LogP contribution < -0.4 is 10.6 Å². The Bertz CT molecular complexity index is 913. The quantitative estimate of drug-likeness (QED) is 0.586. The zero-order chi connectivity index (χ0) is 19.9. The van der Waals surface area contributed by atoms with Crippen LogP contribution in [-0.2, 0) is 9.53 Å². The first kappa shape index (κ1) is 19.7. The Kier molecular flexibility index (Phi) is 6.47. The van der Waals surface area contributed by atoms with Crippen molar-refractivity contribution in [2.24, 2.45) is 0 Å². The predicted octanol–water partition coefficient (Wildman–Crippen LogP) is 3.61. The maximum absolute atomic E-state index is 12.2. The first-order chi connectivity index (χ1) is 13.5. The molecule has 1 heterocycles. The van der Waals surface area contributed by atoms with Gasteiger partial charge in [0.05, 0.1) is 0 Å². The van der Waals surface area contributed by atoms with E-state index in [2.05, 4.69) is 16.7 Å². The van der Waals surface area contributed by atoms with Crippen molar-refractivity contribution in [1.29, 1.82) is 0 Å². The highest BCUT2D eigenvalue weighted by Crippen LogP contribution is 2.25. The van der Waals surface area contributed by atoms with Gasteiger partial charge >= 0.3 is 12.0 Å². The molecule has 0 saturated carbocycles. The second-order valence-electron chi connectivity index (χ2n) is 6.79. The minimum Gasteiger partial charge on any atom is -0.450 e. The smallest absolute Gasteiger partial charge is 0.375 e. The molecule has 0 aliphatic heterocycles. The third-order valence-electron chi connectivity index (χ3n) is 4.73. The van der Waals surface area contributed by atoms with Crippen LogP contribution in [0.1, 0.15) is 48.2 Å². The van der Waals surface area contributed by atoms with Gasteiger partial charge in [-0.3, -0.25) is 10.1 Å². The van der Waals surface area contributed by atoms with Crippen LogP contribution in [0, 0.1) is 6.92 Å². The fourth-order valence-corrected chi connectivity index (χ4v) is 3.24. The van der Waals surface area contributed by atoms with Gasteiger partial charge in [0.15, 0.2) is 6.61 Å². The molecular formula is C21H24N2O5. The maximum atomic E-state index is 12.2. The van der Waals surface area contributed by atoms with E-state index in [1.54, 1.807) is 19.1 Å². The van der Waals surface area contributed by atoms with Crippen molar-refractivity contribution in [2.75, 3.05) is 13.2 Å². The van der Waals surface area contributed by atoms with Crippen LogP contribution in [-0.4, -0.2) is 31.1 Å². The largest absolute Gasteiger partial charge is 0.450 e. The molecule has 0 unspecified atom stereocenters. The highest BCUT2D eigenvalue weighted by atomic mass is 16.5. The lowest BCUT2D eigenvalue weighted by Crippen LogP contribution is -2.41. The molecule has 1 aromatic heterocycles. The van der Waals surface area contributed by atoms with Crippen LogP contribution in [0.3, 0.4) is 0 Å². The molecule has 0 fully saturated rings. The fourth-order valence-electron chi connectivity index (χ4n) is 3.24. The van der Waals surface area contributed by atoms with Gasteiger partial charge in [-0.05, 0) is 45.1 Å². The van der Waals surface area contributed by atoms with Gasteiger partial charge in [-0.1, -0.05) is 29.8 Å². The van der Waals surface area contributed by atoms with E-state index in [1.165, 1.54) is 18.4 Å². The average Bonchev–Trinajstić information content (AvgIpc) is 3.04. The van der Waals surface area contributed by atoms with Crippen molar-refractivity contribution in [3.05, 3.63) is 47.2 Å². The molecule has 1 aliphatic carbocycles. The van der Waals surface area contributed by atoms with Crippen LogP contribution in [0.25, 0.3) is 11.0 Å². The van der Waals surface area contributed by atoms with Gasteiger partial charge in [0.1, 0.15) is 5.58 Å². The minimum absolute atomic E-state index is 0.0548. The second kappa shape index (κ2) is 9.21. The summed E-state index contributed by atoms with van der Waals surface area (Å²) >= 11 is 0. The molecule has 148 valence electrons. The molecule has 0 radical (unpaired) electrons. The number of amides is 3. The molecule has 7 nitrogen and oxygen atoms in total. The number of urea groups is 1. The normalized spacial score (nSPS) is 13.7. The maximum Gasteiger partial charge on any atom is 0.375 e. The number of hydrogen-bond acceptors (Lipinski definition) is 5. The molecule has 28 heavy (non-hydrogen) atoms. The number of aryl methyl sites for hydroxylation is 1. The highest BCUT2D eigenvalue weighted by Gasteiger charge is 2.20. The van der Waals surface area contributed by atoms with Gasteiger partial charge in [-0.15, -0.1) is 0 Å². The molecule has 2 aromatic rings. The third kappa shape index (κ3) is 5.00. The Morgan fingerprint density at radius 1 is 1.18 bits per heavy atom. The molecule has 7 heteroatoms. The number of ether oxygens (including phenoxy) is 1. The SMILES string of the molecule is Cc1c(C(=O)OCC(=O)NC(=O)NCCC2=CCCCC2)oc2ccccc12. The topological polar surface area (TPSA) is 97.6 Å². The van der Waals surface area contributed by atoms with Gasteiger partial charge in [0.2, 0.25) is 5.76 Å². The minimum atomic E-state index is -0.742. The van der Waals surface area contributed by atoms with Crippen molar-refractivity contribution in [3.8, 4) is 0 Å². The van der Waals surface area contributed by atoms with Gasteiger partial charge in [-0.2, -0.15) is 0 Å². The number of carbonyl (C=O) groups is 3. The number of benzene rings is 1. The molecule has 3 amide bonds. The molecule has 0 spiro atoms. The van der Waals surface area contributed by atoms with Gasteiger partial charge in [0.25, 0.3) is 5.91 Å². The van der Waals surface area contributed by atoms with E-state index >= 15 is 0 Å². The zero-order valence-corrected chi connectivity index (χ0v) is 15.9. The Labute approximate surface area is 163 Å². The third-order valence-corrected chi connectivity index (χ3v) is 4.73. The van der Waals surface area contributed by atoms with Crippen LogP contribution in [0.15, 0.2) is 40.3 Å². The van der Waals surface area contributed by atoms with E-state index in [4.69, 9.17) is 9.15 Å². The summed E-state index contributed by atoms with van der Waals surface area (Å²) in [6, 6.07) is 6.64. The van der Waals surface area contributed by atoms with Crippen molar-refractivity contribution in [3.63, 3.8) is 0 Å². The van der Waals surface area contributed by atoms with Crippen LogP contribution >= 0.6 is 0 Å². The standard InChI is InChI=1S/C21H24N2O5/c1-14-16-9-5-6-10-17(16)28-19(14)20(25)27-13-18(24)23-21(26)22-12-11-15-7-3-2-4-8-15/h5-7,9-10H,2-4,8,11-13H2,1H3,(H2,22,23,24,26). The average molecular weight is 384 g/mol. The number of imide groups is 1. The number of rotatable bonds is 6. The van der Waals surface area contributed by atoms with E-state index < -0.39 is 24.5 Å². The zero-order valence-electron chi connectivity index (χ0n) is 15.9. The first-order valence-corrected chi connectivity index (χ1v) is 9.45. The lowest BCUT2D eigenvalue weighted by atomic mass is 9.97. The molecule has 1 aliphatic rings. The lowest BCUT2D eigenvalue weighted by molar-refractivity contribution is -0.123. The number of para-hydroxylation sites is 1. The van der Waals surface area contributed by atoms with Gasteiger partial charge < -0.3 is 14.5 Å². The predicted molar refractivity (Wildman–Crippen MR) is 104 cm³/mol. The van der Waals surface area contributed by atoms with Crippen LogP contribution in [0.2, 0.25) is 0 Å². The number of carbonyl (C=O) groups excluding carboxylic acids is 3. The van der Waals surface area contributed by atoms with E-state index in [-0.39, 0.29) is 5.76 Å². The number of allylic oxidation sites excluding steroid dienone is 1.